The molecule has 0 amide bonds. The Bertz CT molecular complexity index is 264. The molecule has 19 heavy (non-hydrogen) atoms. The molecule has 14 N–H and O–H groups in total. The second-order valence-corrected chi connectivity index (χ2v) is 3.82. The molecule has 4 atom stereocenters. The Kier molecular flexibility index (Phi) is 17.9. The van der Waals surface area contributed by atoms with Crippen LogP contribution in [0.15, 0.2) is 0 Å². The van der Waals surface area contributed by atoms with Crippen molar-refractivity contribution in [2.45, 2.75) is 24.4 Å². The van der Waals surface area contributed by atoms with Crippen molar-refractivity contribution in [3.63, 3.8) is 0 Å². The first kappa shape index (κ1) is 27.0. The Balaban J connectivity index is -0.000000139. The van der Waals surface area contributed by atoms with Crippen LogP contribution in [0.5, 0.6) is 0 Å². The molecule has 0 aromatic heterocycles. The first-order chi connectivity index (χ1) is 7.54. The van der Waals surface area contributed by atoms with E-state index in [0.29, 0.717) is 0 Å². The second kappa shape index (κ2) is 12.6. The van der Waals surface area contributed by atoms with E-state index in [1.807, 2.05) is 0 Å². The highest BCUT2D eigenvalue weighted by Crippen LogP contribution is 2.03. The molecule has 0 saturated heterocycles. The van der Waals surface area contributed by atoms with Crippen LogP contribution >= 0.6 is 0 Å². The van der Waals surface area contributed by atoms with Crippen LogP contribution in [-0.2, 0) is 10.4 Å². The standard InChI is InChI=1S/C6H14O6.2H3N.H2O4S/c7-1-3(9)5(11)6(12)4(10)2-8;;;1-5(2,3)4/h3-12H,1-2H2;2*1H3;(H2,1,2,3,4). The minimum atomic E-state index is -4.67. The molecule has 0 spiro atoms. The summed E-state index contributed by atoms with van der Waals surface area (Å²) in [5.74, 6) is 0. The van der Waals surface area contributed by atoms with E-state index in [1.54, 1.807) is 0 Å². The van der Waals surface area contributed by atoms with Gasteiger partial charge in [-0.05, 0) is 0 Å². The smallest absolute Gasteiger partial charge is 0.394 e. The summed E-state index contributed by atoms with van der Waals surface area (Å²) >= 11 is 0. The van der Waals surface area contributed by atoms with Crippen molar-refractivity contribution in [2.75, 3.05) is 13.2 Å². The first-order valence-corrected chi connectivity index (χ1v) is 5.58. The zero-order chi connectivity index (χ0) is 14.2. The molecule has 0 heterocycles. The van der Waals surface area contributed by atoms with Gasteiger partial charge >= 0.3 is 10.4 Å². The highest BCUT2D eigenvalue weighted by molar-refractivity contribution is 7.79. The highest BCUT2D eigenvalue weighted by Gasteiger charge is 2.29. The average Bonchev–Trinajstić information content (AvgIpc) is 2.22. The van der Waals surface area contributed by atoms with E-state index in [-0.39, 0.29) is 12.3 Å². The van der Waals surface area contributed by atoms with Crippen molar-refractivity contribution >= 4 is 10.4 Å². The predicted molar refractivity (Wildman–Crippen MR) is 62.4 cm³/mol. The molecular formula is C6H22N2O10S. The molecule has 0 aliphatic carbocycles. The van der Waals surface area contributed by atoms with Crippen molar-refractivity contribution in [2.24, 2.45) is 0 Å². The summed E-state index contributed by atoms with van der Waals surface area (Å²) in [4.78, 5) is 0. The molecule has 0 rings (SSSR count). The lowest BCUT2D eigenvalue weighted by Gasteiger charge is -2.24. The van der Waals surface area contributed by atoms with Crippen LogP contribution in [0.2, 0.25) is 0 Å². The van der Waals surface area contributed by atoms with Gasteiger partial charge in [-0.15, -0.1) is 0 Å². The van der Waals surface area contributed by atoms with E-state index in [1.165, 1.54) is 0 Å². The Labute approximate surface area is 109 Å². The van der Waals surface area contributed by atoms with Gasteiger partial charge in [-0.2, -0.15) is 8.42 Å². The minimum absolute atomic E-state index is 0. The number of aliphatic hydroxyl groups excluding tert-OH is 6. The van der Waals surface area contributed by atoms with Crippen LogP contribution in [-0.4, -0.2) is 85.8 Å². The fourth-order valence-corrected chi connectivity index (χ4v) is 0.671. The third-order valence-corrected chi connectivity index (χ3v) is 1.51. The molecule has 0 aromatic carbocycles. The van der Waals surface area contributed by atoms with Crippen molar-refractivity contribution in [1.29, 1.82) is 0 Å². The van der Waals surface area contributed by atoms with Crippen LogP contribution in [0.25, 0.3) is 0 Å². The molecule has 4 unspecified atom stereocenters. The summed E-state index contributed by atoms with van der Waals surface area (Å²) in [5.41, 5.74) is 0. The first-order valence-electron chi connectivity index (χ1n) is 4.18. The maximum absolute atomic E-state index is 8.96. The van der Waals surface area contributed by atoms with E-state index in [2.05, 4.69) is 0 Å². The summed E-state index contributed by atoms with van der Waals surface area (Å²) in [6, 6.07) is 0. The van der Waals surface area contributed by atoms with E-state index < -0.39 is 48.0 Å². The van der Waals surface area contributed by atoms with Gasteiger partial charge in [-0.1, -0.05) is 0 Å². The van der Waals surface area contributed by atoms with Gasteiger partial charge in [0.25, 0.3) is 0 Å². The molecule has 122 valence electrons. The van der Waals surface area contributed by atoms with E-state index in [0.717, 1.165) is 0 Å². The van der Waals surface area contributed by atoms with Crippen LogP contribution in [0.1, 0.15) is 0 Å². The summed E-state index contributed by atoms with van der Waals surface area (Å²) in [6.45, 7) is -1.45. The maximum atomic E-state index is 8.96. The fourth-order valence-electron chi connectivity index (χ4n) is 0.671. The van der Waals surface area contributed by atoms with Gasteiger partial charge in [0, 0.05) is 0 Å². The molecule has 0 saturated carbocycles. The van der Waals surface area contributed by atoms with Gasteiger partial charge in [0.15, 0.2) is 0 Å². The molecule has 0 aliphatic rings. The van der Waals surface area contributed by atoms with Crippen molar-refractivity contribution in [3.8, 4) is 0 Å². The average molecular weight is 314 g/mol. The zero-order valence-electron chi connectivity index (χ0n) is 9.94. The van der Waals surface area contributed by atoms with Gasteiger partial charge in [0.2, 0.25) is 0 Å². The van der Waals surface area contributed by atoms with Gasteiger partial charge in [-0.25, -0.2) is 0 Å². The van der Waals surface area contributed by atoms with Gasteiger partial charge < -0.3 is 42.9 Å². The molecule has 0 bridgehead atoms. The number of rotatable bonds is 5. The van der Waals surface area contributed by atoms with E-state index in [4.69, 9.17) is 48.2 Å². The van der Waals surface area contributed by atoms with E-state index >= 15 is 0 Å². The van der Waals surface area contributed by atoms with E-state index in [9.17, 15) is 0 Å². The number of hydrogen-bond acceptors (Lipinski definition) is 10. The van der Waals surface area contributed by atoms with Gasteiger partial charge in [0.05, 0.1) is 13.2 Å². The second-order valence-electron chi connectivity index (χ2n) is 2.93. The molecule has 12 nitrogen and oxygen atoms in total. The lowest BCUT2D eigenvalue weighted by Crippen LogP contribution is -2.46. The normalized spacial score (nSPS) is 16.6. The lowest BCUT2D eigenvalue weighted by atomic mass is 10.0. The molecule has 0 aromatic rings. The Morgan fingerprint density at radius 2 is 0.895 bits per heavy atom. The molecule has 0 aliphatic heterocycles. The van der Waals surface area contributed by atoms with Crippen LogP contribution in [0.3, 0.4) is 0 Å². The summed E-state index contributed by atoms with van der Waals surface area (Å²) in [5, 5.41) is 52.2. The van der Waals surface area contributed by atoms with Crippen molar-refractivity contribution < 1.29 is 48.2 Å². The predicted octanol–water partition coefficient (Wildman–Crippen LogP) is -3.91. The maximum Gasteiger partial charge on any atom is 0.394 e. The van der Waals surface area contributed by atoms with Crippen molar-refractivity contribution in [3.05, 3.63) is 0 Å². The lowest BCUT2D eigenvalue weighted by molar-refractivity contribution is -0.123. The molecule has 0 fully saturated rings. The SMILES string of the molecule is N.N.O=S(=O)(O)O.OCC(O)C(O)C(O)C(O)CO. The summed E-state index contributed by atoms with van der Waals surface area (Å²) in [7, 11) is -4.67. The minimum Gasteiger partial charge on any atom is -0.394 e. The van der Waals surface area contributed by atoms with Gasteiger partial charge in [-0.3, -0.25) is 9.11 Å². The third-order valence-electron chi connectivity index (χ3n) is 1.51. The van der Waals surface area contributed by atoms with Crippen LogP contribution < -0.4 is 12.3 Å². The van der Waals surface area contributed by atoms with Crippen LogP contribution in [0.4, 0.5) is 0 Å². The zero-order valence-corrected chi connectivity index (χ0v) is 10.8. The summed E-state index contributed by atoms with van der Waals surface area (Å²) < 4.78 is 31.6. The number of aliphatic hydroxyl groups is 6. The Morgan fingerprint density at radius 1 is 0.737 bits per heavy atom. The summed E-state index contributed by atoms with van der Waals surface area (Å²) in [6.07, 6.45) is -6.39. The largest absolute Gasteiger partial charge is 0.394 e. The topological polar surface area (TPSA) is 266 Å². The fraction of sp³-hybridized carbons (Fsp3) is 1.00. The Morgan fingerprint density at radius 3 is 1.00 bits per heavy atom. The van der Waals surface area contributed by atoms with Crippen LogP contribution in [0, 0.1) is 0 Å². The quantitative estimate of drug-likeness (QED) is 0.218. The molecular weight excluding hydrogens is 292 g/mol. The molecule has 0 radical (unpaired) electrons. The Hall–Kier alpha value is -0.450. The molecule has 13 heteroatoms. The highest BCUT2D eigenvalue weighted by atomic mass is 32.3. The monoisotopic (exact) mass is 314 g/mol. The van der Waals surface area contributed by atoms with Crippen molar-refractivity contribution in [1.82, 2.24) is 12.3 Å². The number of hydrogen-bond donors (Lipinski definition) is 10. The third kappa shape index (κ3) is 17.6. The van der Waals surface area contributed by atoms with Gasteiger partial charge in [0.1, 0.15) is 24.4 Å².